The van der Waals surface area contributed by atoms with Gasteiger partial charge in [-0.3, -0.25) is 4.79 Å². The number of carboxylic acids is 1. The fourth-order valence-corrected chi connectivity index (χ4v) is 2.89. The molecule has 0 saturated heterocycles. The van der Waals surface area contributed by atoms with E-state index in [1.165, 1.54) is 0 Å². The van der Waals surface area contributed by atoms with Crippen LogP contribution in [0.3, 0.4) is 0 Å². The number of nitrogens with zero attached hydrogens (tertiary/aromatic N) is 1. The number of amides is 1. The minimum absolute atomic E-state index is 0.00727. The lowest BCUT2D eigenvalue weighted by atomic mass is 10.2. The summed E-state index contributed by atoms with van der Waals surface area (Å²) in [7, 11) is 0. The molecular weight excluding hydrogens is 300 g/mol. The number of benzene rings is 1. The molecule has 0 spiro atoms. The summed E-state index contributed by atoms with van der Waals surface area (Å²) in [5.74, 6) is -0.950. The van der Waals surface area contributed by atoms with Gasteiger partial charge in [-0.25, -0.2) is 9.78 Å². The van der Waals surface area contributed by atoms with E-state index in [4.69, 9.17) is 5.11 Å². The molecular formula is C16H18N2O3S. The second-order valence-corrected chi connectivity index (χ2v) is 5.97. The molecule has 2 N–H and O–H groups in total. The standard InChI is InChI=1S/C16H18N2O3S/c1-3-4-5-13(19)18-12-8-6-11(7-9-12)15-17-10(2)14(22-15)16(20)21/h6-9H,3-5H2,1-2H3,(H,18,19)(H,20,21). The summed E-state index contributed by atoms with van der Waals surface area (Å²) in [4.78, 5) is 27.3. The Morgan fingerprint density at radius 1 is 1.27 bits per heavy atom. The summed E-state index contributed by atoms with van der Waals surface area (Å²) < 4.78 is 0. The van der Waals surface area contributed by atoms with E-state index in [1.54, 1.807) is 19.1 Å². The maximum atomic E-state index is 11.7. The lowest BCUT2D eigenvalue weighted by Crippen LogP contribution is -2.10. The average molecular weight is 318 g/mol. The van der Waals surface area contributed by atoms with Gasteiger partial charge in [-0.15, -0.1) is 11.3 Å². The number of aromatic nitrogens is 1. The molecule has 0 aliphatic carbocycles. The Bertz CT molecular complexity index is 677. The molecule has 2 aromatic rings. The zero-order chi connectivity index (χ0) is 16.1. The number of anilines is 1. The highest BCUT2D eigenvalue weighted by molar-refractivity contribution is 7.17. The van der Waals surface area contributed by atoms with Crippen LogP contribution in [0.4, 0.5) is 5.69 Å². The van der Waals surface area contributed by atoms with Crippen molar-refractivity contribution in [2.75, 3.05) is 5.32 Å². The van der Waals surface area contributed by atoms with Crippen molar-refractivity contribution >= 4 is 28.9 Å². The third-order valence-corrected chi connectivity index (χ3v) is 4.36. The van der Waals surface area contributed by atoms with Gasteiger partial charge in [0.25, 0.3) is 0 Å². The number of rotatable bonds is 6. The van der Waals surface area contributed by atoms with Crippen LogP contribution in [0, 0.1) is 6.92 Å². The van der Waals surface area contributed by atoms with Crippen molar-refractivity contribution in [3.05, 3.63) is 34.8 Å². The van der Waals surface area contributed by atoms with Crippen LogP contribution in [0.25, 0.3) is 10.6 Å². The van der Waals surface area contributed by atoms with Crippen LogP contribution >= 0.6 is 11.3 Å². The van der Waals surface area contributed by atoms with Gasteiger partial charge in [0.15, 0.2) is 0 Å². The van der Waals surface area contributed by atoms with Crippen LogP contribution in [-0.4, -0.2) is 22.0 Å². The summed E-state index contributed by atoms with van der Waals surface area (Å²) in [5.41, 5.74) is 2.09. The van der Waals surface area contributed by atoms with Crippen molar-refractivity contribution in [3.63, 3.8) is 0 Å². The number of aryl methyl sites for hydroxylation is 1. The van der Waals surface area contributed by atoms with Crippen LogP contribution in [0.15, 0.2) is 24.3 Å². The first-order valence-corrected chi connectivity index (χ1v) is 7.94. The number of thiazole rings is 1. The van der Waals surface area contributed by atoms with E-state index in [2.05, 4.69) is 10.3 Å². The Labute approximate surface area is 133 Å². The highest BCUT2D eigenvalue weighted by atomic mass is 32.1. The molecule has 0 aliphatic heterocycles. The maximum Gasteiger partial charge on any atom is 0.347 e. The molecule has 0 bridgehead atoms. The summed E-state index contributed by atoms with van der Waals surface area (Å²) in [5, 5.41) is 12.6. The van der Waals surface area contributed by atoms with E-state index in [-0.39, 0.29) is 10.8 Å². The number of unbranched alkanes of at least 4 members (excludes halogenated alkanes) is 1. The molecule has 0 aliphatic rings. The number of carbonyl (C=O) groups excluding carboxylic acids is 1. The number of nitrogens with one attached hydrogen (secondary N) is 1. The van der Waals surface area contributed by atoms with Crippen LogP contribution < -0.4 is 5.32 Å². The van der Waals surface area contributed by atoms with E-state index in [9.17, 15) is 9.59 Å². The Balaban J connectivity index is 2.10. The second-order valence-electron chi connectivity index (χ2n) is 4.97. The molecule has 1 aromatic heterocycles. The zero-order valence-electron chi connectivity index (χ0n) is 12.5. The molecule has 116 valence electrons. The third-order valence-electron chi connectivity index (χ3n) is 3.16. The van der Waals surface area contributed by atoms with Gasteiger partial charge >= 0.3 is 5.97 Å². The minimum atomic E-state index is -0.957. The number of carboxylic acid groups (broad SMARTS) is 1. The van der Waals surface area contributed by atoms with E-state index >= 15 is 0 Å². The smallest absolute Gasteiger partial charge is 0.347 e. The molecule has 2 rings (SSSR count). The van der Waals surface area contributed by atoms with Crippen LogP contribution in [-0.2, 0) is 4.79 Å². The van der Waals surface area contributed by atoms with Crippen LogP contribution in [0.5, 0.6) is 0 Å². The highest BCUT2D eigenvalue weighted by Gasteiger charge is 2.14. The molecule has 0 atom stereocenters. The van der Waals surface area contributed by atoms with E-state index in [1.807, 2.05) is 19.1 Å². The van der Waals surface area contributed by atoms with Gasteiger partial charge in [0.05, 0.1) is 5.69 Å². The second kappa shape index (κ2) is 7.17. The van der Waals surface area contributed by atoms with Gasteiger partial charge < -0.3 is 10.4 Å². The molecule has 1 amide bonds. The van der Waals surface area contributed by atoms with E-state index in [0.717, 1.165) is 35.4 Å². The lowest BCUT2D eigenvalue weighted by Gasteiger charge is -2.05. The zero-order valence-corrected chi connectivity index (χ0v) is 13.4. The van der Waals surface area contributed by atoms with Gasteiger partial charge in [-0.1, -0.05) is 13.3 Å². The maximum absolute atomic E-state index is 11.7. The fourth-order valence-electron chi connectivity index (χ4n) is 1.98. The monoisotopic (exact) mass is 318 g/mol. The molecule has 5 nitrogen and oxygen atoms in total. The van der Waals surface area contributed by atoms with Crippen molar-refractivity contribution in [1.82, 2.24) is 4.98 Å². The molecule has 0 fully saturated rings. The first-order valence-electron chi connectivity index (χ1n) is 7.12. The summed E-state index contributed by atoms with van der Waals surface area (Å²) in [6, 6.07) is 7.27. The van der Waals surface area contributed by atoms with Crippen molar-refractivity contribution in [2.45, 2.75) is 33.1 Å². The third kappa shape index (κ3) is 3.92. The first kappa shape index (κ1) is 16.2. The summed E-state index contributed by atoms with van der Waals surface area (Å²) in [6.07, 6.45) is 2.38. The van der Waals surface area contributed by atoms with Gasteiger partial charge in [-0.2, -0.15) is 0 Å². The van der Waals surface area contributed by atoms with Crippen molar-refractivity contribution < 1.29 is 14.7 Å². The predicted molar refractivity (Wildman–Crippen MR) is 87.4 cm³/mol. The van der Waals surface area contributed by atoms with Crippen molar-refractivity contribution in [1.29, 1.82) is 0 Å². The molecule has 0 unspecified atom stereocenters. The molecule has 22 heavy (non-hydrogen) atoms. The first-order chi connectivity index (χ1) is 10.5. The molecule has 0 saturated carbocycles. The topological polar surface area (TPSA) is 79.3 Å². The SMILES string of the molecule is CCCCC(=O)Nc1ccc(-c2nc(C)c(C(=O)O)s2)cc1. The molecule has 0 radical (unpaired) electrons. The van der Waals surface area contributed by atoms with Crippen molar-refractivity contribution in [3.8, 4) is 10.6 Å². The Kier molecular flexibility index (Phi) is 5.27. The summed E-state index contributed by atoms with van der Waals surface area (Å²) in [6.45, 7) is 3.73. The largest absolute Gasteiger partial charge is 0.477 e. The lowest BCUT2D eigenvalue weighted by molar-refractivity contribution is -0.116. The fraction of sp³-hybridized carbons (Fsp3) is 0.312. The van der Waals surface area contributed by atoms with Crippen LogP contribution in [0.1, 0.15) is 41.6 Å². The molecule has 1 aromatic carbocycles. The Morgan fingerprint density at radius 3 is 2.50 bits per heavy atom. The normalized spacial score (nSPS) is 10.5. The van der Waals surface area contributed by atoms with Crippen molar-refractivity contribution in [2.24, 2.45) is 0 Å². The quantitative estimate of drug-likeness (QED) is 0.845. The van der Waals surface area contributed by atoms with E-state index < -0.39 is 5.97 Å². The number of aromatic carboxylic acids is 1. The van der Waals surface area contributed by atoms with E-state index in [0.29, 0.717) is 17.1 Å². The minimum Gasteiger partial charge on any atom is -0.477 e. The summed E-state index contributed by atoms with van der Waals surface area (Å²) >= 11 is 1.15. The van der Waals surface area contributed by atoms with Gasteiger partial charge in [0, 0.05) is 17.7 Å². The highest BCUT2D eigenvalue weighted by Crippen LogP contribution is 2.28. The predicted octanol–water partition coefficient (Wildman–Crippen LogP) is 3.95. The number of hydrogen-bond acceptors (Lipinski definition) is 4. The number of carbonyl (C=O) groups is 2. The Morgan fingerprint density at radius 2 is 1.95 bits per heavy atom. The Hall–Kier alpha value is -2.21. The number of hydrogen-bond donors (Lipinski definition) is 2. The van der Waals surface area contributed by atoms with Gasteiger partial charge in [-0.05, 0) is 37.6 Å². The van der Waals surface area contributed by atoms with Gasteiger partial charge in [0.2, 0.25) is 5.91 Å². The average Bonchev–Trinajstić information content (AvgIpc) is 2.88. The molecule has 6 heteroatoms. The molecule has 1 heterocycles. The van der Waals surface area contributed by atoms with Gasteiger partial charge in [0.1, 0.15) is 9.88 Å². The van der Waals surface area contributed by atoms with Crippen LogP contribution in [0.2, 0.25) is 0 Å².